The van der Waals surface area contributed by atoms with Crippen LogP contribution < -0.4 is 10.6 Å². The van der Waals surface area contributed by atoms with Gasteiger partial charge in [0.1, 0.15) is 5.69 Å². The van der Waals surface area contributed by atoms with Gasteiger partial charge in [0.15, 0.2) is 0 Å². The number of rotatable bonds is 3. The van der Waals surface area contributed by atoms with Gasteiger partial charge in [-0.05, 0) is 49.9 Å². The number of halogens is 1. The normalized spacial score (nSPS) is 22.8. The summed E-state index contributed by atoms with van der Waals surface area (Å²) in [7, 11) is 0. The van der Waals surface area contributed by atoms with Crippen molar-refractivity contribution >= 4 is 28.9 Å². The van der Waals surface area contributed by atoms with Crippen LogP contribution in [0.2, 0.25) is 5.02 Å². The third-order valence-corrected chi connectivity index (χ3v) is 4.75. The van der Waals surface area contributed by atoms with Crippen LogP contribution in [0.4, 0.5) is 11.4 Å². The number of nitrogens with one attached hydrogen (secondary N) is 2. The monoisotopic (exact) mass is 309 g/mol. The molecule has 7 heteroatoms. The highest BCUT2D eigenvalue weighted by molar-refractivity contribution is 6.31. The van der Waals surface area contributed by atoms with Gasteiger partial charge in [-0.15, -0.1) is 0 Å². The minimum Gasteiger partial charge on any atom is -0.320 e. The van der Waals surface area contributed by atoms with Crippen molar-refractivity contribution in [1.29, 1.82) is 0 Å². The first kappa shape index (κ1) is 14.3. The van der Waals surface area contributed by atoms with Gasteiger partial charge in [-0.2, -0.15) is 0 Å². The van der Waals surface area contributed by atoms with Crippen molar-refractivity contribution in [3.05, 3.63) is 33.3 Å². The molecule has 1 saturated carbocycles. The van der Waals surface area contributed by atoms with E-state index in [1.807, 2.05) is 0 Å². The molecule has 1 aliphatic heterocycles. The minimum atomic E-state index is -0.533. The van der Waals surface area contributed by atoms with Gasteiger partial charge in [0.05, 0.1) is 4.92 Å². The summed E-state index contributed by atoms with van der Waals surface area (Å²) in [6, 6.07) is 4.28. The van der Waals surface area contributed by atoms with E-state index in [4.69, 9.17) is 11.6 Å². The van der Waals surface area contributed by atoms with Gasteiger partial charge in [0.2, 0.25) is 5.91 Å². The summed E-state index contributed by atoms with van der Waals surface area (Å²) in [5, 5.41) is 17.3. The van der Waals surface area contributed by atoms with E-state index in [2.05, 4.69) is 10.6 Å². The SMILES string of the molecule is O=C(Nc1ccc(Cl)cc1[N+](=O)[O-])C1CC12CCNCC2. The summed E-state index contributed by atoms with van der Waals surface area (Å²) in [5.74, 6) is -0.155. The molecule has 112 valence electrons. The molecule has 1 aromatic carbocycles. The Kier molecular flexibility index (Phi) is 3.59. The molecule has 1 spiro atoms. The summed E-state index contributed by atoms with van der Waals surface area (Å²) in [6.07, 6.45) is 2.86. The van der Waals surface area contributed by atoms with E-state index in [1.165, 1.54) is 18.2 Å². The third-order valence-electron chi connectivity index (χ3n) is 4.52. The van der Waals surface area contributed by atoms with E-state index in [-0.39, 0.29) is 33.6 Å². The molecule has 6 nitrogen and oxygen atoms in total. The number of carbonyl (C=O) groups excluding carboxylic acids is 1. The maximum Gasteiger partial charge on any atom is 0.294 e. The molecule has 2 fully saturated rings. The van der Waals surface area contributed by atoms with Gasteiger partial charge in [0.25, 0.3) is 5.69 Å². The Hall–Kier alpha value is -1.66. The van der Waals surface area contributed by atoms with E-state index in [9.17, 15) is 14.9 Å². The molecule has 1 aliphatic carbocycles. The lowest BCUT2D eigenvalue weighted by atomic mass is 9.92. The van der Waals surface area contributed by atoms with Gasteiger partial charge < -0.3 is 10.6 Å². The van der Waals surface area contributed by atoms with E-state index in [1.54, 1.807) is 0 Å². The molecular weight excluding hydrogens is 294 g/mol. The lowest BCUT2D eigenvalue weighted by molar-refractivity contribution is -0.383. The Bertz CT molecular complexity index is 599. The van der Waals surface area contributed by atoms with E-state index < -0.39 is 4.92 Å². The van der Waals surface area contributed by atoms with Crippen LogP contribution in [0.5, 0.6) is 0 Å². The molecular formula is C14H16ClN3O3. The van der Waals surface area contributed by atoms with E-state index in [0.29, 0.717) is 0 Å². The number of carbonyl (C=O) groups is 1. The van der Waals surface area contributed by atoms with Crippen molar-refractivity contribution in [3.8, 4) is 0 Å². The van der Waals surface area contributed by atoms with Gasteiger partial charge in [0, 0.05) is 17.0 Å². The van der Waals surface area contributed by atoms with Crippen molar-refractivity contribution in [3.63, 3.8) is 0 Å². The fourth-order valence-corrected chi connectivity index (χ4v) is 3.34. The van der Waals surface area contributed by atoms with Crippen LogP contribution in [0.1, 0.15) is 19.3 Å². The quantitative estimate of drug-likeness (QED) is 0.664. The van der Waals surface area contributed by atoms with Gasteiger partial charge in [-0.1, -0.05) is 11.6 Å². The zero-order valence-electron chi connectivity index (χ0n) is 11.4. The second kappa shape index (κ2) is 5.27. The zero-order chi connectivity index (χ0) is 15.0. The van der Waals surface area contributed by atoms with Crippen LogP contribution in [-0.2, 0) is 4.79 Å². The predicted octanol–water partition coefficient (Wildman–Crippen LogP) is 2.58. The summed E-state index contributed by atoms with van der Waals surface area (Å²) in [4.78, 5) is 22.8. The molecule has 3 rings (SSSR count). The summed E-state index contributed by atoms with van der Waals surface area (Å²) in [5.41, 5.74) is 0.150. The van der Waals surface area contributed by atoms with Gasteiger partial charge in [-0.25, -0.2) is 0 Å². The first-order valence-electron chi connectivity index (χ1n) is 6.97. The number of anilines is 1. The van der Waals surface area contributed by atoms with Crippen LogP contribution in [0.15, 0.2) is 18.2 Å². The second-order valence-electron chi connectivity index (χ2n) is 5.78. The molecule has 2 N–H and O–H groups in total. The number of hydrogen-bond acceptors (Lipinski definition) is 4. The Morgan fingerprint density at radius 2 is 2.14 bits per heavy atom. The highest BCUT2D eigenvalue weighted by Crippen LogP contribution is 2.58. The fourth-order valence-electron chi connectivity index (χ4n) is 3.18. The van der Waals surface area contributed by atoms with Crippen molar-refractivity contribution in [1.82, 2.24) is 5.32 Å². The number of nitro groups is 1. The first-order chi connectivity index (χ1) is 10.0. The first-order valence-corrected chi connectivity index (χ1v) is 7.35. The highest BCUT2D eigenvalue weighted by Gasteiger charge is 2.57. The van der Waals surface area contributed by atoms with Crippen LogP contribution in [0, 0.1) is 21.4 Å². The Morgan fingerprint density at radius 3 is 2.81 bits per heavy atom. The number of hydrogen-bond donors (Lipinski definition) is 2. The third kappa shape index (κ3) is 2.73. The van der Waals surface area contributed by atoms with Gasteiger partial charge >= 0.3 is 0 Å². The lowest BCUT2D eigenvalue weighted by Gasteiger charge is -2.23. The minimum absolute atomic E-state index is 0.0325. The zero-order valence-corrected chi connectivity index (χ0v) is 12.2. The smallest absolute Gasteiger partial charge is 0.294 e. The second-order valence-corrected chi connectivity index (χ2v) is 6.21. The van der Waals surface area contributed by atoms with Crippen LogP contribution in [0.3, 0.4) is 0 Å². The molecule has 0 aromatic heterocycles. The largest absolute Gasteiger partial charge is 0.320 e. The van der Waals surface area contributed by atoms with Crippen molar-refractivity contribution < 1.29 is 9.72 Å². The van der Waals surface area contributed by atoms with E-state index in [0.717, 1.165) is 32.4 Å². The topological polar surface area (TPSA) is 84.3 Å². The van der Waals surface area contributed by atoms with Gasteiger partial charge in [-0.3, -0.25) is 14.9 Å². The van der Waals surface area contributed by atoms with Crippen molar-refractivity contribution in [2.75, 3.05) is 18.4 Å². The highest BCUT2D eigenvalue weighted by atomic mass is 35.5. The van der Waals surface area contributed by atoms with Crippen molar-refractivity contribution in [2.45, 2.75) is 19.3 Å². The molecule has 1 amide bonds. The summed E-state index contributed by atoms with van der Waals surface area (Å²) in [6.45, 7) is 1.87. The standard InChI is InChI=1S/C14H16ClN3O3/c15-9-1-2-11(12(7-9)18(20)21)17-13(19)10-8-14(10)3-5-16-6-4-14/h1-2,7,10,16H,3-6,8H2,(H,17,19). The van der Waals surface area contributed by atoms with Crippen LogP contribution >= 0.6 is 11.6 Å². The summed E-state index contributed by atoms with van der Waals surface area (Å²) >= 11 is 5.76. The average Bonchev–Trinajstić information content (AvgIpc) is 3.15. The molecule has 1 saturated heterocycles. The fraction of sp³-hybridized carbons (Fsp3) is 0.500. The molecule has 1 heterocycles. The van der Waals surface area contributed by atoms with E-state index >= 15 is 0 Å². The Balaban J connectivity index is 1.73. The van der Waals surface area contributed by atoms with Crippen molar-refractivity contribution in [2.24, 2.45) is 11.3 Å². The molecule has 2 aliphatic rings. The maximum atomic E-state index is 12.3. The molecule has 1 unspecified atom stereocenters. The molecule has 0 bridgehead atoms. The number of amides is 1. The Labute approximate surface area is 127 Å². The average molecular weight is 310 g/mol. The number of piperidine rings is 1. The van der Waals surface area contributed by atoms with Crippen LogP contribution in [0.25, 0.3) is 0 Å². The number of nitrogens with zero attached hydrogens (tertiary/aromatic N) is 1. The number of benzene rings is 1. The predicted molar refractivity (Wildman–Crippen MR) is 79.4 cm³/mol. The molecule has 0 radical (unpaired) electrons. The number of nitro benzene ring substituents is 1. The summed E-state index contributed by atoms with van der Waals surface area (Å²) < 4.78 is 0. The molecule has 1 aromatic rings. The molecule has 21 heavy (non-hydrogen) atoms. The Morgan fingerprint density at radius 1 is 1.43 bits per heavy atom. The lowest BCUT2D eigenvalue weighted by Crippen LogP contribution is -2.31. The van der Waals surface area contributed by atoms with Crippen LogP contribution in [-0.4, -0.2) is 23.9 Å². The maximum absolute atomic E-state index is 12.3. The molecule has 1 atom stereocenters.